The summed E-state index contributed by atoms with van der Waals surface area (Å²) in [7, 11) is 1.32. The third-order valence-corrected chi connectivity index (χ3v) is 4.61. The molecule has 2 N–H and O–H groups in total. The number of hydrogen-bond donors (Lipinski definition) is 2. The zero-order chi connectivity index (χ0) is 18.1. The Morgan fingerprint density at radius 1 is 1.48 bits per heavy atom. The molecular weight excluding hydrogens is 441 g/mol. The molecule has 1 unspecified atom stereocenters. The summed E-state index contributed by atoms with van der Waals surface area (Å²) in [6.45, 7) is 3.98. The van der Waals surface area contributed by atoms with Gasteiger partial charge in [-0.3, -0.25) is 0 Å². The van der Waals surface area contributed by atoms with E-state index in [0.29, 0.717) is 38.7 Å². The number of nitrogens with zero attached hydrogens (tertiary/aromatic N) is 4. The Labute approximate surface area is 157 Å². The van der Waals surface area contributed by atoms with Gasteiger partial charge in [-0.25, -0.2) is 4.79 Å². The number of rotatable bonds is 4. The van der Waals surface area contributed by atoms with Crippen LogP contribution in [0.25, 0.3) is 0 Å². The minimum absolute atomic E-state index is 0.0531. The van der Waals surface area contributed by atoms with Gasteiger partial charge in [0.05, 0.1) is 22.9 Å². The van der Waals surface area contributed by atoms with Crippen molar-refractivity contribution in [3.05, 3.63) is 32.5 Å². The Kier molecular flexibility index (Phi) is 4.79. The number of benzene rings is 1. The summed E-state index contributed by atoms with van der Waals surface area (Å²) in [6, 6.07) is 2.83. The lowest BCUT2D eigenvalue weighted by atomic mass is 9.95. The van der Waals surface area contributed by atoms with Gasteiger partial charge in [0.2, 0.25) is 5.95 Å². The van der Waals surface area contributed by atoms with Gasteiger partial charge in [0.25, 0.3) is 0 Å². The quantitative estimate of drug-likeness (QED) is 0.529. The second-order valence-corrected chi connectivity index (χ2v) is 6.45. The smallest absolute Gasteiger partial charge is 0.338 e. The highest BCUT2D eigenvalue weighted by molar-refractivity contribution is 14.1. The number of phenols is 1. The first kappa shape index (κ1) is 17.5. The Morgan fingerprint density at radius 2 is 2.24 bits per heavy atom. The maximum atomic E-state index is 12.4. The van der Waals surface area contributed by atoms with Crippen LogP contribution in [0.2, 0.25) is 0 Å². The van der Waals surface area contributed by atoms with E-state index < -0.39 is 12.0 Å². The van der Waals surface area contributed by atoms with Crippen LogP contribution in [-0.4, -0.2) is 45.0 Å². The Hall–Kier alpha value is -2.37. The summed E-state index contributed by atoms with van der Waals surface area (Å²) in [4.78, 5) is 12.4. The SMILES string of the molecule is CCOc1cc(C2C(C(=O)OC)=C(C)Nc3nnnn32)cc(I)c1O. The molecule has 1 aromatic carbocycles. The van der Waals surface area contributed by atoms with E-state index in [2.05, 4.69) is 20.8 Å². The zero-order valence-corrected chi connectivity index (χ0v) is 15.9. The second kappa shape index (κ2) is 6.86. The number of carbonyl (C=O) groups is 1. The molecule has 1 atom stereocenters. The Morgan fingerprint density at radius 3 is 2.92 bits per heavy atom. The van der Waals surface area contributed by atoms with Gasteiger partial charge >= 0.3 is 5.97 Å². The number of halogens is 1. The normalized spacial score (nSPS) is 16.2. The predicted molar refractivity (Wildman–Crippen MR) is 96.3 cm³/mol. The van der Waals surface area contributed by atoms with Crippen LogP contribution in [-0.2, 0) is 9.53 Å². The molecule has 1 aliphatic rings. The van der Waals surface area contributed by atoms with Crippen LogP contribution in [0.5, 0.6) is 11.5 Å². The first-order valence-corrected chi connectivity index (χ1v) is 8.55. The molecule has 2 heterocycles. The number of aromatic hydroxyl groups is 1. The van der Waals surface area contributed by atoms with Crippen molar-refractivity contribution in [2.75, 3.05) is 19.0 Å². The van der Waals surface area contributed by atoms with Gasteiger partial charge in [-0.1, -0.05) is 5.10 Å². The largest absolute Gasteiger partial charge is 0.504 e. The molecule has 0 spiro atoms. The highest BCUT2D eigenvalue weighted by Crippen LogP contribution is 2.40. The molecule has 0 fully saturated rings. The molecule has 0 saturated carbocycles. The van der Waals surface area contributed by atoms with Crippen LogP contribution in [0.15, 0.2) is 23.4 Å². The van der Waals surface area contributed by atoms with Crippen LogP contribution < -0.4 is 10.1 Å². The van der Waals surface area contributed by atoms with Crippen LogP contribution in [0.1, 0.15) is 25.5 Å². The van der Waals surface area contributed by atoms with Crippen molar-refractivity contribution in [3.8, 4) is 11.5 Å². The molecular formula is C15H16IN5O4. The van der Waals surface area contributed by atoms with Crippen LogP contribution in [0.3, 0.4) is 0 Å². The third-order valence-electron chi connectivity index (χ3n) is 3.79. The van der Waals surface area contributed by atoms with E-state index in [1.807, 2.05) is 29.5 Å². The maximum Gasteiger partial charge on any atom is 0.338 e. The van der Waals surface area contributed by atoms with Crippen molar-refractivity contribution < 1.29 is 19.4 Å². The van der Waals surface area contributed by atoms with Gasteiger partial charge in [0.1, 0.15) is 6.04 Å². The number of esters is 1. The number of allylic oxidation sites excluding steroid dienone is 1. The van der Waals surface area contributed by atoms with E-state index >= 15 is 0 Å². The lowest BCUT2D eigenvalue weighted by molar-refractivity contribution is -0.136. The molecule has 0 aliphatic carbocycles. The monoisotopic (exact) mass is 457 g/mol. The summed E-state index contributed by atoms with van der Waals surface area (Å²) in [5.74, 6) is 0.310. The first-order chi connectivity index (χ1) is 12.0. The average Bonchev–Trinajstić information content (AvgIpc) is 3.04. The van der Waals surface area contributed by atoms with Gasteiger partial charge in [-0.15, -0.1) is 0 Å². The maximum absolute atomic E-state index is 12.4. The van der Waals surface area contributed by atoms with Crippen LogP contribution in [0.4, 0.5) is 5.95 Å². The summed E-state index contributed by atoms with van der Waals surface area (Å²) < 4.78 is 12.5. The van der Waals surface area contributed by atoms with E-state index in [4.69, 9.17) is 9.47 Å². The number of aromatic nitrogens is 4. The number of hydrogen-bond acceptors (Lipinski definition) is 8. The molecule has 0 amide bonds. The molecule has 9 nitrogen and oxygen atoms in total. The van der Waals surface area contributed by atoms with Gasteiger partial charge in [0.15, 0.2) is 11.5 Å². The van der Waals surface area contributed by atoms with E-state index in [1.54, 1.807) is 19.1 Å². The van der Waals surface area contributed by atoms with Gasteiger partial charge in [-0.2, -0.15) is 4.68 Å². The van der Waals surface area contributed by atoms with Crippen molar-refractivity contribution in [2.45, 2.75) is 19.9 Å². The highest BCUT2D eigenvalue weighted by Gasteiger charge is 2.35. The summed E-state index contributed by atoms with van der Waals surface area (Å²) >= 11 is 2.01. The molecule has 132 valence electrons. The Bertz CT molecular complexity index is 864. The second-order valence-electron chi connectivity index (χ2n) is 5.29. The zero-order valence-electron chi connectivity index (χ0n) is 13.8. The topological polar surface area (TPSA) is 111 Å². The minimum atomic E-state index is -0.605. The van der Waals surface area contributed by atoms with E-state index in [-0.39, 0.29) is 5.75 Å². The van der Waals surface area contributed by atoms with Crippen molar-refractivity contribution >= 4 is 34.5 Å². The number of tetrazole rings is 1. The molecule has 0 bridgehead atoms. The van der Waals surface area contributed by atoms with Crippen molar-refractivity contribution in [3.63, 3.8) is 0 Å². The van der Waals surface area contributed by atoms with E-state index in [0.717, 1.165) is 0 Å². The minimum Gasteiger partial charge on any atom is -0.504 e. The first-order valence-electron chi connectivity index (χ1n) is 7.47. The van der Waals surface area contributed by atoms with Gasteiger partial charge in [-0.05, 0) is 64.6 Å². The standard InChI is InChI=1S/C15H16IN5O4/c1-4-25-10-6-8(5-9(16)13(10)22)12-11(14(23)24-3)7(2)17-15-18-19-20-21(12)15/h5-6,12,22H,4H2,1-3H3,(H,17,18,20). The molecule has 1 aliphatic heterocycles. The number of fused-ring (bicyclic) bond motifs is 1. The fourth-order valence-corrected chi connectivity index (χ4v) is 3.34. The van der Waals surface area contributed by atoms with Crippen molar-refractivity contribution in [1.29, 1.82) is 0 Å². The van der Waals surface area contributed by atoms with E-state index in [9.17, 15) is 9.90 Å². The number of ether oxygens (including phenoxy) is 2. The molecule has 0 saturated heterocycles. The van der Waals surface area contributed by atoms with Crippen molar-refractivity contribution in [1.82, 2.24) is 20.2 Å². The summed E-state index contributed by atoms with van der Waals surface area (Å²) in [5, 5.41) is 24.8. The van der Waals surface area contributed by atoms with Crippen LogP contribution >= 0.6 is 22.6 Å². The number of phenolic OH excluding ortho intramolecular Hbond substituents is 1. The fourth-order valence-electron chi connectivity index (χ4n) is 2.71. The molecule has 0 radical (unpaired) electrons. The number of anilines is 1. The fraction of sp³-hybridized carbons (Fsp3) is 0.333. The third kappa shape index (κ3) is 3.01. The molecule has 25 heavy (non-hydrogen) atoms. The Balaban J connectivity index is 2.21. The lowest BCUT2D eigenvalue weighted by Crippen LogP contribution is -2.29. The molecule has 3 rings (SSSR count). The van der Waals surface area contributed by atoms with E-state index in [1.165, 1.54) is 11.8 Å². The average molecular weight is 457 g/mol. The number of carbonyl (C=O) groups excluding carboxylic acids is 1. The molecule has 1 aromatic heterocycles. The predicted octanol–water partition coefficient (Wildman–Crippen LogP) is 1.84. The number of methoxy groups -OCH3 is 1. The van der Waals surface area contributed by atoms with Gasteiger partial charge in [0, 0.05) is 5.70 Å². The summed E-state index contributed by atoms with van der Waals surface area (Å²) in [6.07, 6.45) is 0. The van der Waals surface area contributed by atoms with Gasteiger partial charge < -0.3 is 19.9 Å². The highest BCUT2D eigenvalue weighted by atomic mass is 127. The number of nitrogens with one attached hydrogen (secondary N) is 1. The molecule has 2 aromatic rings. The summed E-state index contributed by atoms with van der Waals surface area (Å²) in [5.41, 5.74) is 1.67. The lowest BCUT2D eigenvalue weighted by Gasteiger charge is -2.27. The molecule has 10 heteroatoms. The van der Waals surface area contributed by atoms with Crippen molar-refractivity contribution in [2.24, 2.45) is 0 Å². The van der Waals surface area contributed by atoms with Crippen LogP contribution in [0, 0.1) is 3.57 Å².